The smallest absolute Gasteiger partial charge is 0.434 e. The Morgan fingerprint density at radius 2 is 2.09 bits per heavy atom. The van der Waals surface area contributed by atoms with E-state index >= 15 is 0 Å². The Bertz CT molecular complexity index is 1300. The second-order valence-corrected chi connectivity index (χ2v) is 9.62. The monoisotopic (exact) mass is 547 g/mol. The summed E-state index contributed by atoms with van der Waals surface area (Å²) in [5.41, 5.74) is 4.48. The number of fused-ring (bicyclic) bond motifs is 1. The third-order valence-electron chi connectivity index (χ3n) is 4.75. The number of nitrogen functional groups attached to an aromatic ring is 1. The Morgan fingerprint density at radius 1 is 1.34 bits per heavy atom. The van der Waals surface area contributed by atoms with Crippen molar-refractivity contribution >= 4 is 69.3 Å². The molecule has 1 saturated heterocycles. The number of aromatic nitrogens is 3. The van der Waals surface area contributed by atoms with Gasteiger partial charge in [-0.15, -0.1) is 23.1 Å². The number of oxime groups is 1. The molecular formula is C17H12F3N7O5S3. The first-order chi connectivity index (χ1) is 16.5. The molecule has 1 fully saturated rings. The van der Waals surface area contributed by atoms with Gasteiger partial charge in [-0.05, 0) is 11.6 Å². The molecule has 2 aromatic rings. The Hall–Kier alpha value is -3.51. The Kier molecular flexibility index (Phi) is 6.52. The topological polar surface area (TPSA) is 184 Å². The van der Waals surface area contributed by atoms with Crippen LogP contribution < -0.4 is 11.1 Å². The largest absolute Gasteiger partial charge is 0.477 e. The number of nitrogens with two attached hydrogens (primary N) is 1. The van der Waals surface area contributed by atoms with Crippen molar-refractivity contribution in [1.82, 2.24) is 24.6 Å². The van der Waals surface area contributed by atoms with Gasteiger partial charge in [0.25, 0.3) is 11.8 Å². The molecule has 35 heavy (non-hydrogen) atoms. The van der Waals surface area contributed by atoms with Crippen molar-refractivity contribution in [3.8, 4) is 0 Å². The van der Waals surface area contributed by atoms with Gasteiger partial charge in [0.05, 0.1) is 10.4 Å². The van der Waals surface area contributed by atoms with Crippen molar-refractivity contribution in [3.05, 3.63) is 39.3 Å². The van der Waals surface area contributed by atoms with E-state index in [0.29, 0.717) is 0 Å². The molecule has 0 radical (unpaired) electrons. The average molecular weight is 548 g/mol. The summed E-state index contributed by atoms with van der Waals surface area (Å²) in [5.74, 6) is -3.44. The number of nitrogens with one attached hydrogen (secondary N) is 1. The number of carboxylic acid groups (broad SMARTS) is 1. The van der Waals surface area contributed by atoms with Crippen molar-refractivity contribution in [1.29, 1.82) is 0 Å². The van der Waals surface area contributed by atoms with Gasteiger partial charge in [-0.1, -0.05) is 11.2 Å². The van der Waals surface area contributed by atoms with Gasteiger partial charge < -0.3 is 21.4 Å². The van der Waals surface area contributed by atoms with Gasteiger partial charge in [-0.2, -0.15) is 22.5 Å². The highest BCUT2D eigenvalue weighted by Crippen LogP contribution is 2.41. The van der Waals surface area contributed by atoms with E-state index in [2.05, 4.69) is 24.8 Å². The maximum atomic E-state index is 13.0. The fourth-order valence-corrected chi connectivity index (χ4v) is 5.72. The highest BCUT2D eigenvalue weighted by Gasteiger charge is 2.54. The van der Waals surface area contributed by atoms with Gasteiger partial charge in [0.1, 0.15) is 17.1 Å². The summed E-state index contributed by atoms with van der Waals surface area (Å²) in [6.07, 6.45) is -2.38. The Morgan fingerprint density at radius 3 is 2.69 bits per heavy atom. The van der Waals surface area contributed by atoms with Gasteiger partial charge in [0.2, 0.25) is 11.5 Å². The van der Waals surface area contributed by atoms with Crippen LogP contribution in [0.2, 0.25) is 0 Å². The SMILES string of the molecule is Nc1nc(C(=NO)C(=O)NC2C(=O)N3C(C(=O)O)=C(C=Cc4scnc4C(F)(F)F)CS[C@H]23)ns1. The number of hydrogen-bond donors (Lipinski definition) is 4. The van der Waals surface area contributed by atoms with Crippen LogP contribution in [0.1, 0.15) is 16.4 Å². The van der Waals surface area contributed by atoms with Crippen molar-refractivity contribution < 1.29 is 37.9 Å². The molecule has 0 aromatic carbocycles. The number of alkyl halides is 3. The van der Waals surface area contributed by atoms with Gasteiger partial charge in [-0.3, -0.25) is 14.5 Å². The zero-order valence-corrected chi connectivity index (χ0v) is 19.3. The number of carbonyl (C=O) groups excluding carboxylic acids is 2. The summed E-state index contributed by atoms with van der Waals surface area (Å²) in [4.78, 5) is 44.9. The van der Waals surface area contributed by atoms with Crippen LogP contribution >= 0.6 is 34.6 Å². The van der Waals surface area contributed by atoms with Gasteiger partial charge in [-0.25, -0.2) is 9.78 Å². The van der Waals surface area contributed by atoms with Crippen LogP contribution in [0.5, 0.6) is 0 Å². The summed E-state index contributed by atoms with van der Waals surface area (Å²) in [7, 11) is 0. The molecule has 2 atom stereocenters. The molecule has 2 amide bonds. The maximum absolute atomic E-state index is 13.0. The van der Waals surface area contributed by atoms with Gasteiger partial charge >= 0.3 is 12.1 Å². The molecular weight excluding hydrogens is 535 g/mol. The molecule has 184 valence electrons. The van der Waals surface area contributed by atoms with E-state index in [1.165, 1.54) is 6.08 Å². The van der Waals surface area contributed by atoms with Crippen LogP contribution in [0.3, 0.4) is 0 Å². The normalized spacial score (nSPS) is 20.7. The molecule has 4 heterocycles. The van der Waals surface area contributed by atoms with Crippen molar-refractivity contribution in [2.24, 2.45) is 5.16 Å². The number of thiazole rings is 1. The maximum Gasteiger partial charge on any atom is 0.434 e. The fourth-order valence-electron chi connectivity index (χ4n) is 3.27. The van der Waals surface area contributed by atoms with E-state index < -0.39 is 52.5 Å². The van der Waals surface area contributed by atoms with E-state index in [-0.39, 0.29) is 27.2 Å². The minimum absolute atomic E-state index is 0.0141. The van der Waals surface area contributed by atoms with Crippen LogP contribution in [-0.4, -0.2) is 70.2 Å². The standard InChI is InChI=1S/C17H12F3N7O5S3/c18-17(19,20)10-6(34-4-22-10)2-1-5-3-33-14-8(13(29)27(14)9(5)15(30)31)23-12(28)7(25-32)11-24-16(21)35-26-11/h1-2,4,8,14,32H,3H2,(H,23,28)(H,30,31)(H2,21,24,26)/t8?,14-/m1/s1. The second-order valence-electron chi connectivity index (χ2n) is 6.84. The number of nitrogens with zero attached hydrogens (tertiary/aromatic N) is 5. The number of halogens is 3. The summed E-state index contributed by atoms with van der Waals surface area (Å²) in [5, 5.41) is 23.2. The van der Waals surface area contributed by atoms with E-state index in [4.69, 9.17) is 10.9 Å². The summed E-state index contributed by atoms with van der Waals surface area (Å²) >= 11 is 2.58. The molecule has 18 heteroatoms. The fraction of sp³-hybridized carbons (Fsp3) is 0.235. The van der Waals surface area contributed by atoms with E-state index in [1.54, 1.807) is 0 Å². The third-order valence-corrected chi connectivity index (χ3v) is 7.39. The molecule has 5 N–H and O–H groups in total. The molecule has 0 spiro atoms. The Labute approximate surface area is 205 Å². The van der Waals surface area contributed by atoms with Crippen molar-refractivity contribution in [2.45, 2.75) is 17.6 Å². The van der Waals surface area contributed by atoms with Gasteiger partial charge in [0.15, 0.2) is 10.8 Å². The minimum atomic E-state index is -4.68. The number of allylic oxidation sites excluding steroid dienone is 1. The lowest BCUT2D eigenvalue weighted by Crippen LogP contribution is -2.71. The summed E-state index contributed by atoms with van der Waals surface area (Å²) in [6, 6.07) is -1.15. The lowest BCUT2D eigenvalue weighted by atomic mass is 10.0. The highest BCUT2D eigenvalue weighted by atomic mass is 32.2. The van der Waals surface area contributed by atoms with Crippen LogP contribution in [0.4, 0.5) is 18.3 Å². The summed E-state index contributed by atoms with van der Waals surface area (Å²) < 4.78 is 42.9. The lowest BCUT2D eigenvalue weighted by molar-refractivity contribution is -0.150. The number of aliphatic carboxylic acids is 1. The summed E-state index contributed by atoms with van der Waals surface area (Å²) in [6.45, 7) is 0. The number of thioether (sulfide) groups is 1. The molecule has 2 aliphatic heterocycles. The van der Waals surface area contributed by atoms with Crippen molar-refractivity contribution in [2.75, 3.05) is 11.5 Å². The first kappa shape index (κ1) is 24.6. The minimum Gasteiger partial charge on any atom is -0.477 e. The van der Waals surface area contributed by atoms with Crippen LogP contribution in [-0.2, 0) is 20.6 Å². The number of hydrogen-bond acceptors (Lipinski definition) is 12. The first-order valence-electron chi connectivity index (χ1n) is 9.25. The van der Waals surface area contributed by atoms with Gasteiger partial charge in [0, 0.05) is 17.3 Å². The zero-order valence-electron chi connectivity index (χ0n) is 16.9. The molecule has 2 aromatic heterocycles. The molecule has 0 saturated carbocycles. The molecule has 12 nitrogen and oxygen atoms in total. The highest BCUT2D eigenvalue weighted by molar-refractivity contribution is 8.00. The number of carbonyl (C=O) groups is 3. The number of amides is 2. The van der Waals surface area contributed by atoms with Crippen LogP contribution in [0.15, 0.2) is 28.0 Å². The predicted octanol–water partition coefficient (Wildman–Crippen LogP) is 1.23. The van der Waals surface area contributed by atoms with E-state index in [0.717, 1.165) is 51.1 Å². The molecule has 4 rings (SSSR count). The average Bonchev–Trinajstić information content (AvgIpc) is 3.44. The number of rotatable bonds is 6. The number of β-lactam (4-membered cyclic amide) rings is 1. The molecule has 0 aliphatic carbocycles. The predicted molar refractivity (Wildman–Crippen MR) is 118 cm³/mol. The van der Waals surface area contributed by atoms with Crippen molar-refractivity contribution in [3.63, 3.8) is 0 Å². The number of carboxylic acids is 1. The first-order valence-corrected chi connectivity index (χ1v) is 12.0. The molecule has 0 bridgehead atoms. The molecule has 2 aliphatic rings. The second kappa shape index (κ2) is 9.27. The van der Waals surface area contributed by atoms with Crippen LogP contribution in [0.25, 0.3) is 6.08 Å². The van der Waals surface area contributed by atoms with Crippen LogP contribution in [0, 0.1) is 0 Å². The van der Waals surface area contributed by atoms with E-state index in [9.17, 15) is 32.7 Å². The molecule has 1 unspecified atom stereocenters. The third kappa shape index (κ3) is 4.58. The lowest BCUT2D eigenvalue weighted by Gasteiger charge is -2.49. The Balaban J connectivity index is 1.54. The van der Waals surface area contributed by atoms with E-state index in [1.807, 2.05) is 0 Å². The number of anilines is 1. The zero-order chi connectivity index (χ0) is 25.5. The quantitative estimate of drug-likeness (QED) is 0.177.